The molecular weight excluding hydrogens is 370 g/mol. The van der Waals surface area contributed by atoms with Gasteiger partial charge in [-0.2, -0.15) is 0 Å². The molecule has 0 aliphatic heterocycles. The average Bonchev–Trinajstić information content (AvgIpc) is 3.26. The summed E-state index contributed by atoms with van der Waals surface area (Å²) in [4.78, 5) is 41.5. The smallest absolute Gasteiger partial charge is 0.329 e. The van der Waals surface area contributed by atoms with Crippen molar-refractivity contribution in [2.75, 3.05) is 0 Å². The number of para-hydroxylation sites is 1. The number of benzene rings is 2. The summed E-state index contributed by atoms with van der Waals surface area (Å²) in [5, 5.41) is 3.11. The Labute approximate surface area is 165 Å². The summed E-state index contributed by atoms with van der Waals surface area (Å²) < 4.78 is 6.23. The van der Waals surface area contributed by atoms with Crippen molar-refractivity contribution in [1.82, 2.24) is 14.9 Å². The number of H-pyrrole nitrogens is 1. The first-order valence-electron chi connectivity index (χ1n) is 9.21. The third-order valence-corrected chi connectivity index (χ3v) is 4.74. The number of furan rings is 1. The van der Waals surface area contributed by atoms with Gasteiger partial charge in [0, 0.05) is 6.42 Å². The second-order valence-electron chi connectivity index (χ2n) is 6.65. The number of nitrogens with one attached hydrogen (secondary N) is 2. The van der Waals surface area contributed by atoms with E-state index in [1.807, 2.05) is 30.3 Å². The van der Waals surface area contributed by atoms with Crippen LogP contribution in [0.2, 0.25) is 0 Å². The maximum absolute atomic E-state index is 13.1. The molecule has 0 spiro atoms. The van der Waals surface area contributed by atoms with Gasteiger partial charge in [-0.25, -0.2) is 9.36 Å². The van der Waals surface area contributed by atoms with E-state index in [1.54, 1.807) is 36.4 Å². The first kappa shape index (κ1) is 18.5. The van der Waals surface area contributed by atoms with Crippen LogP contribution in [0.5, 0.6) is 0 Å². The van der Waals surface area contributed by atoms with E-state index in [2.05, 4.69) is 10.3 Å². The van der Waals surface area contributed by atoms with Crippen LogP contribution in [0, 0.1) is 0 Å². The molecule has 1 amide bonds. The van der Waals surface area contributed by atoms with Crippen molar-refractivity contribution in [1.29, 1.82) is 0 Å². The van der Waals surface area contributed by atoms with Gasteiger partial charge in [-0.05, 0) is 29.8 Å². The lowest BCUT2D eigenvalue weighted by atomic mass is 10.0. The number of nitrogens with zero attached hydrogens (tertiary/aromatic N) is 1. The minimum atomic E-state index is -1.01. The number of carbonyl (C=O) groups is 1. The van der Waals surface area contributed by atoms with Crippen LogP contribution < -0.4 is 16.6 Å². The van der Waals surface area contributed by atoms with Gasteiger partial charge in [0.25, 0.3) is 5.56 Å². The largest absolute Gasteiger partial charge is 0.467 e. The summed E-state index contributed by atoms with van der Waals surface area (Å²) >= 11 is 0. The Morgan fingerprint density at radius 2 is 1.76 bits per heavy atom. The zero-order valence-electron chi connectivity index (χ0n) is 15.5. The molecule has 0 radical (unpaired) electrons. The van der Waals surface area contributed by atoms with Gasteiger partial charge in [0.2, 0.25) is 5.91 Å². The van der Waals surface area contributed by atoms with E-state index in [-0.39, 0.29) is 13.0 Å². The fourth-order valence-corrected chi connectivity index (χ4v) is 3.30. The van der Waals surface area contributed by atoms with Crippen LogP contribution in [0.4, 0.5) is 0 Å². The van der Waals surface area contributed by atoms with Crippen LogP contribution in [-0.2, 0) is 17.8 Å². The Morgan fingerprint density at radius 3 is 2.52 bits per heavy atom. The standard InChI is InChI=1S/C22H19N3O4/c26-20(23-14-16-9-6-12-29-16)19(13-15-7-2-1-3-8-15)25-21(27)17-10-4-5-11-18(17)24-22(25)28/h1-12,19H,13-14H2,(H,23,26)(H,24,28)/t19-/m0/s1. The van der Waals surface area contributed by atoms with E-state index < -0.39 is 23.2 Å². The van der Waals surface area contributed by atoms with Crippen LogP contribution >= 0.6 is 0 Å². The Morgan fingerprint density at radius 1 is 1.00 bits per heavy atom. The lowest BCUT2D eigenvalue weighted by molar-refractivity contribution is -0.124. The van der Waals surface area contributed by atoms with Crippen LogP contribution in [0.15, 0.2) is 87.0 Å². The van der Waals surface area contributed by atoms with Crippen molar-refractivity contribution < 1.29 is 9.21 Å². The number of aromatic nitrogens is 2. The molecule has 0 bridgehead atoms. The Balaban J connectivity index is 1.75. The van der Waals surface area contributed by atoms with Crippen LogP contribution in [0.1, 0.15) is 17.4 Å². The van der Waals surface area contributed by atoms with Crippen LogP contribution in [0.3, 0.4) is 0 Å². The van der Waals surface area contributed by atoms with Gasteiger partial charge >= 0.3 is 5.69 Å². The van der Waals surface area contributed by atoms with E-state index in [0.717, 1.165) is 10.1 Å². The fraction of sp³-hybridized carbons (Fsp3) is 0.136. The normalized spacial score (nSPS) is 12.0. The predicted molar refractivity (Wildman–Crippen MR) is 109 cm³/mol. The maximum Gasteiger partial charge on any atom is 0.329 e. The summed E-state index contributed by atoms with van der Waals surface area (Å²) in [6, 6.07) is 18.5. The number of aromatic amines is 1. The number of hydrogen-bond donors (Lipinski definition) is 2. The van der Waals surface area contributed by atoms with Gasteiger partial charge in [-0.3, -0.25) is 9.59 Å². The minimum absolute atomic E-state index is 0.164. The predicted octanol–water partition coefficient (Wildman–Crippen LogP) is 2.38. The Kier molecular flexibility index (Phi) is 5.11. The highest BCUT2D eigenvalue weighted by Crippen LogP contribution is 2.14. The molecule has 0 saturated heterocycles. The fourth-order valence-electron chi connectivity index (χ4n) is 3.30. The average molecular weight is 389 g/mol. The van der Waals surface area contributed by atoms with Crippen molar-refractivity contribution in [3.05, 3.63) is 105 Å². The van der Waals surface area contributed by atoms with Crippen molar-refractivity contribution in [3.63, 3.8) is 0 Å². The summed E-state index contributed by atoms with van der Waals surface area (Å²) in [5.74, 6) is 0.143. The molecule has 0 unspecified atom stereocenters. The van der Waals surface area contributed by atoms with Gasteiger partial charge in [-0.15, -0.1) is 0 Å². The third kappa shape index (κ3) is 3.89. The molecule has 0 fully saturated rings. The van der Waals surface area contributed by atoms with Crippen molar-refractivity contribution in [2.24, 2.45) is 0 Å². The maximum atomic E-state index is 13.1. The molecule has 7 heteroatoms. The summed E-state index contributed by atoms with van der Waals surface area (Å²) in [6.07, 6.45) is 1.72. The minimum Gasteiger partial charge on any atom is -0.467 e. The molecule has 2 heterocycles. The molecule has 0 saturated carbocycles. The third-order valence-electron chi connectivity index (χ3n) is 4.74. The second kappa shape index (κ2) is 8.02. The van der Waals surface area contributed by atoms with Gasteiger partial charge < -0.3 is 14.7 Å². The molecule has 29 heavy (non-hydrogen) atoms. The molecule has 2 aromatic carbocycles. The van der Waals surface area contributed by atoms with E-state index in [4.69, 9.17) is 4.42 Å². The van der Waals surface area contributed by atoms with E-state index in [0.29, 0.717) is 16.7 Å². The lowest BCUT2D eigenvalue weighted by Gasteiger charge is -2.19. The molecule has 2 aromatic heterocycles. The van der Waals surface area contributed by atoms with Crippen molar-refractivity contribution >= 4 is 16.8 Å². The zero-order chi connectivity index (χ0) is 20.2. The highest BCUT2D eigenvalue weighted by molar-refractivity contribution is 5.82. The van der Waals surface area contributed by atoms with Gasteiger partial charge in [0.15, 0.2) is 0 Å². The second-order valence-corrected chi connectivity index (χ2v) is 6.65. The molecule has 4 aromatic rings. The van der Waals surface area contributed by atoms with Crippen molar-refractivity contribution in [2.45, 2.75) is 19.0 Å². The van der Waals surface area contributed by atoms with Crippen molar-refractivity contribution in [3.8, 4) is 0 Å². The SMILES string of the molecule is O=C(NCc1ccco1)[C@H](Cc1ccccc1)n1c(=O)[nH]c2ccccc2c1=O. The molecular formula is C22H19N3O4. The zero-order valence-corrected chi connectivity index (χ0v) is 15.5. The van der Waals surface area contributed by atoms with E-state index in [9.17, 15) is 14.4 Å². The topological polar surface area (TPSA) is 97.1 Å². The first-order valence-corrected chi connectivity index (χ1v) is 9.21. The number of carbonyl (C=O) groups excluding carboxylic acids is 1. The Hall–Kier alpha value is -3.87. The van der Waals surface area contributed by atoms with E-state index >= 15 is 0 Å². The summed E-state index contributed by atoms with van der Waals surface area (Å²) in [5.41, 5.74) is 0.152. The number of amides is 1. The number of hydrogen-bond acceptors (Lipinski definition) is 4. The van der Waals surface area contributed by atoms with Gasteiger partial charge in [0.1, 0.15) is 11.8 Å². The molecule has 4 rings (SSSR count). The van der Waals surface area contributed by atoms with Crippen LogP contribution in [0.25, 0.3) is 10.9 Å². The van der Waals surface area contributed by atoms with Gasteiger partial charge in [-0.1, -0.05) is 42.5 Å². The van der Waals surface area contributed by atoms with Crippen LogP contribution in [-0.4, -0.2) is 15.5 Å². The highest BCUT2D eigenvalue weighted by Gasteiger charge is 2.25. The number of fused-ring (bicyclic) bond motifs is 1. The molecule has 7 nitrogen and oxygen atoms in total. The molecule has 1 atom stereocenters. The van der Waals surface area contributed by atoms with E-state index in [1.165, 1.54) is 6.26 Å². The summed E-state index contributed by atoms with van der Waals surface area (Å²) in [6.45, 7) is 0.164. The first-order chi connectivity index (χ1) is 14.1. The monoisotopic (exact) mass is 389 g/mol. The summed E-state index contributed by atoms with van der Waals surface area (Å²) in [7, 11) is 0. The lowest BCUT2D eigenvalue weighted by Crippen LogP contribution is -2.45. The molecule has 146 valence electrons. The number of rotatable bonds is 6. The molecule has 0 aliphatic rings. The van der Waals surface area contributed by atoms with Gasteiger partial charge in [0.05, 0.1) is 23.7 Å². The Bertz CT molecular complexity index is 1240. The highest BCUT2D eigenvalue weighted by atomic mass is 16.3. The molecule has 2 N–H and O–H groups in total. The molecule has 0 aliphatic carbocycles. The quantitative estimate of drug-likeness (QED) is 0.529.